The summed E-state index contributed by atoms with van der Waals surface area (Å²) >= 11 is 1.55. The summed E-state index contributed by atoms with van der Waals surface area (Å²) < 4.78 is 7.93. The van der Waals surface area contributed by atoms with Crippen molar-refractivity contribution in [2.45, 2.75) is 57.4 Å². The zero-order valence-electron chi connectivity index (χ0n) is 18.2. The van der Waals surface area contributed by atoms with Gasteiger partial charge >= 0.3 is 0 Å². The smallest absolute Gasteiger partial charge is 0.226 e. The van der Waals surface area contributed by atoms with Gasteiger partial charge in [-0.1, -0.05) is 57.7 Å². The average molecular weight is 435 g/mol. The van der Waals surface area contributed by atoms with Gasteiger partial charge in [-0.25, -0.2) is 0 Å². The second-order valence-electron chi connectivity index (χ2n) is 7.49. The van der Waals surface area contributed by atoms with Crippen LogP contribution in [0, 0.1) is 0 Å². The van der Waals surface area contributed by atoms with Crippen molar-refractivity contribution in [1.82, 2.24) is 29.9 Å². The Hall–Kier alpha value is -3.00. The SMILES string of the molecule is CCc1cccc(CC)c1-n1c(SCc2nnc(C(C)C)o2)nnc1-c1cccnc1. The Bertz CT molecular complexity index is 1130. The number of benzene rings is 1. The van der Waals surface area contributed by atoms with Crippen molar-refractivity contribution in [2.75, 3.05) is 0 Å². The Morgan fingerprint density at radius 3 is 2.35 bits per heavy atom. The quantitative estimate of drug-likeness (QED) is 0.350. The standard InChI is InChI=1S/C23H26N6OS/c1-5-16-9-7-10-17(6-2)20(16)29-21(18-11-8-12-24-13-18)26-28-23(29)31-14-19-25-27-22(30-19)15(3)4/h7-13,15H,5-6,14H2,1-4H3. The van der Waals surface area contributed by atoms with Gasteiger partial charge in [0.05, 0.1) is 11.4 Å². The minimum absolute atomic E-state index is 0.204. The van der Waals surface area contributed by atoms with Gasteiger partial charge in [-0.15, -0.1) is 20.4 Å². The first kappa shape index (κ1) is 21.2. The van der Waals surface area contributed by atoms with E-state index in [2.05, 4.69) is 62.0 Å². The molecule has 3 aromatic heterocycles. The normalized spacial score (nSPS) is 11.4. The van der Waals surface area contributed by atoms with Crippen molar-refractivity contribution in [1.29, 1.82) is 0 Å². The minimum Gasteiger partial charge on any atom is -0.424 e. The number of hydrogen-bond acceptors (Lipinski definition) is 7. The topological polar surface area (TPSA) is 82.5 Å². The van der Waals surface area contributed by atoms with Gasteiger partial charge in [-0.05, 0) is 36.1 Å². The van der Waals surface area contributed by atoms with Crippen molar-refractivity contribution in [3.05, 3.63) is 65.6 Å². The van der Waals surface area contributed by atoms with Gasteiger partial charge in [-0.3, -0.25) is 9.55 Å². The van der Waals surface area contributed by atoms with E-state index in [9.17, 15) is 0 Å². The Morgan fingerprint density at radius 1 is 0.968 bits per heavy atom. The molecule has 160 valence electrons. The largest absolute Gasteiger partial charge is 0.424 e. The molecular weight excluding hydrogens is 408 g/mol. The Balaban J connectivity index is 1.79. The summed E-state index contributed by atoms with van der Waals surface area (Å²) in [5, 5.41) is 18.2. The molecule has 0 aliphatic rings. The number of thioether (sulfide) groups is 1. The van der Waals surface area contributed by atoms with E-state index >= 15 is 0 Å². The lowest BCUT2D eigenvalue weighted by Crippen LogP contribution is -2.07. The van der Waals surface area contributed by atoms with Crippen LogP contribution in [-0.4, -0.2) is 29.9 Å². The molecule has 1 aromatic carbocycles. The molecule has 0 N–H and O–H groups in total. The van der Waals surface area contributed by atoms with Crippen LogP contribution >= 0.6 is 11.8 Å². The molecule has 0 bridgehead atoms. The number of pyridine rings is 1. The van der Waals surface area contributed by atoms with Crippen LogP contribution in [-0.2, 0) is 18.6 Å². The highest BCUT2D eigenvalue weighted by atomic mass is 32.2. The molecule has 0 fully saturated rings. The lowest BCUT2D eigenvalue weighted by atomic mass is 10.0. The van der Waals surface area contributed by atoms with E-state index in [-0.39, 0.29) is 5.92 Å². The maximum atomic E-state index is 5.78. The minimum atomic E-state index is 0.204. The van der Waals surface area contributed by atoms with Crippen LogP contribution in [0.5, 0.6) is 0 Å². The van der Waals surface area contributed by atoms with E-state index in [1.165, 1.54) is 11.1 Å². The molecule has 0 atom stereocenters. The molecule has 0 unspecified atom stereocenters. The van der Waals surface area contributed by atoms with Gasteiger partial charge < -0.3 is 4.42 Å². The summed E-state index contributed by atoms with van der Waals surface area (Å²) in [5.74, 6) is 2.75. The van der Waals surface area contributed by atoms with Gasteiger partial charge in [0.25, 0.3) is 0 Å². The van der Waals surface area contributed by atoms with Crippen molar-refractivity contribution in [3.8, 4) is 17.1 Å². The first-order valence-electron chi connectivity index (χ1n) is 10.5. The predicted molar refractivity (Wildman–Crippen MR) is 121 cm³/mol. The molecule has 3 heterocycles. The highest BCUT2D eigenvalue weighted by Gasteiger charge is 2.21. The third-order valence-corrected chi connectivity index (χ3v) is 5.96. The molecule has 8 heteroatoms. The second-order valence-corrected chi connectivity index (χ2v) is 8.44. The first-order valence-corrected chi connectivity index (χ1v) is 11.5. The summed E-state index contributed by atoms with van der Waals surface area (Å²) in [6, 6.07) is 10.4. The molecule has 0 saturated carbocycles. The first-order chi connectivity index (χ1) is 15.1. The highest BCUT2D eigenvalue weighted by Crippen LogP contribution is 2.33. The molecule has 4 rings (SSSR count). The summed E-state index contributed by atoms with van der Waals surface area (Å²) in [7, 11) is 0. The average Bonchev–Trinajstić information content (AvgIpc) is 3.45. The van der Waals surface area contributed by atoms with E-state index in [4.69, 9.17) is 4.42 Å². The molecular formula is C23H26N6OS. The fourth-order valence-electron chi connectivity index (χ4n) is 3.43. The Labute approximate surface area is 186 Å². The van der Waals surface area contributed by atoms with Crippen LogP contribution < -0.4 is 0 Å². The zero-order chi connectivity index (χ0) is 21.8. The van der Waals surface area contributed by atoms with Gasteiger partial charge in [0.1, 0.15) is 0 Å². The van der Waals surface area contributed by atoms with Crippen molar-refractivity contribution >= 4 is 11.8 Å². The fraction of sp³-hybridized carbons (Fsp3) is 0.348. The number of aryl methyl sites for hydroxylation is 2. The third-order valence-electron chi connectivity index (χ3n) is 5.04. The third kappa shape index (κ3) is 4.39. The zero-order valence-corrected chi connectivity index (χ0v) is 19.1. The Morgan fingerprint density at radius 2 is 1.74 bits per heavy atom. The molecule has 7 nitrogen and oxygen atoms in total. The molecule has 0 spiro atoms. The van der Waals surface area contributed by atoms with Crippen LogP contribution in [0.3, 0.4) is 0 Å². The number of hydrogen-bond donors (Lipinski definition) is 0. The summed E-state index contributed by atoms with van der Waals surface area (Å²) in [4.78, 5) is 4.28. The molecule has 0 radical (unpaired) electrons. The van der Waals surface area contributed by atoms with Gasteiger partial charge in [0.2, 0.25) is 11.8 Å². The van der Waals surface area contributed by atoms with Gasteiger partial charge in [0.15, 0.2) is 11.0 Å². The molecule has 31 heavy (non-hydrogen) atoms. The van der Waals surface area contributed by atoms with Crippen molar-refractivity contribution in [3.63, 3.8) is 0 Å². The van der Waals surface area contributed by atoms with Crippen molar-refractivity contribution in [2.24, 2.45) is 0 Å². The lowest BCUT2D eigenvalue weighted by molar-refractivity contribution is 0.445. The van der Waals surface area contributed by atoms with Crippen LogP contribution in [0.15, 0.2) is 52.3 Å². The number of nitrogens with zero attached hydrogens (tertiary/aromatic N) is 6. The monoisotopic (exact) mass is 434 g/mol. The predicted octanol–water partition coefficient (Wildman–Crippen LogP) is 5.25. The van der Waals surface area contributed by atoms with E-state index in [1.54, 1.807) is 18.0 Å². The van der Waals surface area contributed by atoms with Crippen LogP contribution in [0.2, 0.25) is 0 Å². The molecule has 0 amide bonds. The summed E-state index contributed by atoms with van der Waals surface area (Å²) in [6.45, 7) is 8.42. The second kappa shape index (κ2) is 9.43. The molecule has 0 saturated heterocycles. The molecule has 0 aliphatic heterocycles. The Kier molecular flexibility index (Phi) is 6.46. The fourth-order valence-corrected chi connectivity index (χ4v) is 4.21. The van der Waals surface area contributed by atoms with E-state index in [0.717, 1.165) is 35.1 Å². The van der Waals surface area contributed by atoms with E-state index in [0.29, 0.717) is 17.5 Å². The number of aromatic nitrogens is 6. The molecule has 4 aromatic rings. The van der Waals surface area contributed by atoms with E-state index < -0.39 is 0 Å². The number of para-hydroxylation sites is 1. The van der Waals surface area contributed by atoms with Gasteiger partial charge in [0, 0.05) is 23.9 Å². The highest BCUT2D eigenvalue weighted by molar-refractivity contribution is 7.98. The summed E-state index contributed by atoms with van der Waals surface area (Å²) in [6.07, 6.45) is 5.42. The van der Waals surface area contributed by atoms with Crippen LogP contribution in [0.25, 0.3) is 17.1 Å². The van der Waals surface area contributed by atoms with Gasteiger partial charge in [-0.2, -0.15) is 0 Å². The summed E-state index contributed by atoms with van der Waals surface area (Å²) in [5.41, 5.74) is 4.58. The van der Waals surface area contributed by atoms with Crippen LogP contribution in [0.4, 0.5) is 0 Å². The number of rotatable bonds is 8. The van der Waals surface area contributed by atoms with Crippen molar-refractivity contribution < 1.29 is 4.42 Å². The van der Waals surface area contributed by atoms with E-state index in [1.807, 2.05) is 32.2 Å². The molecule has 0 aliphatic carbocycles. The lowest BCUT2D eigenvalue weighted by Gasteiger charge is -2.17. The maximum Gasteiger partial charge on any atom is 0.226 e. The van der Waals surface area contributed by atoms with Crippen LogP contribution in [0.1, 0.15) is 56.5 Å². The maximum absolute atomic E-state index is 5.78.